The average molecular weight is 477 g/mol. The molecule has 4 aromatic rings. The number of hydrogen-bond acceptors (Lipinski definition) is 10. The second-order valence-electron chi connectivity index (χ2n) is 8.50. The molecule has 0 radical (unpaired) electrons. The standard InChI is InChI=1S/C22H23N9O4/c1-12-9-34-10-13-11-35-18-15(7-29-8-16(20(32)33)27-28-29)25-22(26-19(18)30(12)13)31-17-6-4-3-5-14(17)24-21(31)23-2/h3-6,8,12-13H,7,9-11H2,1-2H3,(H,23,24)(H,32,33)/t12-,13+/m1/s1. The maximum absolute atomic E-state index is 11.3. The molecule has 0 amide bonds. The smallest absolute Gasteiger partial charge is 0.358 e. The number of anilines is 2. The van der Waals surface area contributed by atoms with Crippen LogP contribution in [0, 0.1) is 0 Å². The first kappa shape index (κ1) is 21.3. The number of nitrogens with one attached hydrogen (secondary N) is 1. The molecule has 13 nitrogen and oxygen atoms in total. The molecule has 0 saturated carbocycles. The van der Waals surface area contributed by atoms with E-state index in [0.717, 1.165) is 11.0 Å². The van der Waals surface area contributed by atoms with Gasteiger partial charge in [-0.25, -0.2) is 24.0 Å². The highest BCUT2D eigenvalue weighted by Gasteiger charge is 2.38. The zero-order valence-corrected chi connectivity index (χ0v) is 19.1. The Morgan fingerprint density at radius 2 is 2.06 bits per heavy atom. The molecule has 0 unspecified atom stereocenters. The molecular formula is C22H23N9O4. The Labute approximate surface area is 199 Å². The van der Waals surface area contributed by atoms with Crippen LogP contribution in [0.25, 0.3) is 17.0 Å². The Kier molecular flexibility index (Phi) is 4.99. The van der Waals surface area contributed by atoms with Crippen molar-refractivity contribution in [1.82, 2.24) is 34.5 Å². The second-order valence-corrected chi connectivity index (χ2v) is 8.50. The van der Waals surface area contributed by atoms with Gasteiger partial charge in [-0.3, -0.25) is 0 Å². The van der Waals surface area contributed by atoms with Crippen LogP contribution >= 0.6 is 0 Å². The number of fused-ring (bicyclic) bond motifs is 4. The summed E-state index contributed by atoms with van der Waals surface area (Å²) in [5, 5.41) is 20.0. The highest BCUT2D eigenvalue weighted by molar-refractivity contribution is 5.84. The van der Waals surface area contributed by atoms with E-state index in [4.69, 9.17) is 19.4 Å². The van der Waals surface area contributed by atoms with E-state index in [-0.39, 0.29) is 24.3 Å². The number of nitrogens with zero attached hydrogens (tertiary/aromatic N) is 8. The Morgan fingerprint density at radius 1 is 1.20 bits per heavy atom. The Balaban J connectivity index is 1.55. The van der Waals surface area contributed by atoms with Crippen LogP contribution < -0.4 is 15.0 Å². The molecule has 6 rings (SSSR count). The molecule has 2 atom stereocenters. The van der Waals surface area contributed by atoms with Crippen LogP contribution in [-0.4, -0.2) is 84.5 Å². The normalized spacial score (nSPS) is 19.2. The summed E-state index contributed by atoms with van der Waals surface area (Å²) in [7, 11) is 1.79. The fourth-order valence-corrected chi connectivity index (χ4v) is 4.61. The van der Waals surface area contributed by atoms with Crippen LogP contribution in [0.2, 0.25) is 0 Å². The minimum atomic E-state index is -1.15. The van der Waals surface area contributed by atoms with E-state index in [1.54, 1.807) is 7.05 Å². The van der Waals surface area contributed by atoms with Crippen molar-refractivity contribution < 1.29 is 19.4 Å². The predicted molar refractivity (Wildman–Crippen MR) is 124 cm³/mol. The number of ether oxygens (including phenoxy) is 2. The summed E-state index contributed by atoms with van der Waals surface area (Å²) in [5.41, 5.74) is 2.06. The molecule has 0 spiro atoms. The van der Waals surface area contributed by atoms with Crippen molar-refractivity contribution in [3.63, 3.8) is 0 Å². The third kappa shape index (κ3) is 3.51. The maximum Gasteiger partial charge on any atom is 0.358 e. The zero-order valence-electron chi connectivity index (χ0n) is 19.1. The minimum absolute atomic E-state index is 0.0233. The first-order chi connectivity index (χ1) is 17.0. The number of carboxylic acids is 1. The van der Waals surface area contributed by atoms with Gasteiger partial charge in [0.1, 0.15) is 12.3 Å². The number of carbonyl (C=O) groups is 1. The van der Waals surface area contributed by atoms with Gasteiger partial charge >= 0.3 is 5.97 Å². The van der Waals surface area contributed by atoms with Crippen molar-refractivity contribution >= 4 is 28.8 Å². The van der Waals surface area contributed by atoms with Crippen molar-refractivity contribution in [1.29, 1.82) is 0 Å². The molecule has 2 aliphatic heterocycles. The molecule has 13 heteroatoms. The number of hydrogen-bond donors (Lipinski definition) is 2. The number of imidazole rings is 1. The van der Waals surface area contributed by atoms with Gasteiger partial charge in [0.2, 0.25) is 11.9 Å². The molecule has 2 aliphatic rings. The number of para-hydroxylation sites is 2. The van der Waals surface area contributed by atoms with Gasteiger partial charge in [0.05, 0.1) is 49.1 Å². The fourth-order valence-electron chi connectivity index (χ4n) is 4.61. The van der Waals surface area contributed by atoms with E-state index in [1.807, 2.05) is 28.8 Å². The maximum atomic E-state index is 11.3. The lowest BCUT2D eigenvalue weighted by Crippen LogP contribution is -2.56. The number of morpholine rings is 1. The van der Waals surface area contributed by atoms with Crippen LogP contribution in [0.1, 0.15) is 23.1 Å². The number of aromatic nitrogens is 7. The van der Waals surface area contributed by atoms with Crippen molar-refractivity contribution in [3.05, 3.63) is 41.9 Å². The van der Waals surface area contributed by atoms with E-state index < -0.39 is 5.97 Å². The molecule has 0 aliphatic carbocycles. The van der Waals surface area contributed by atoms with Crippen LogP contribution in [-0.2, 0) is 11.3 Å². The number of rotatable bonds is 5. The Hall–Kier alpha value is -4.26. The van der Waals surface area contributed by atoms with Crippen molar-refractivity contribution in [3.8, 4) is 11.7 Å². The largest absolute Gasteiger partial charge is 0.486 e. The molecule has 1 saturated heterocycles. The number of aromatic carboxylic acids is 1. The molecule has 180 valence electrons. The second kappa shape index (κ2) is 8.20. The third-order valence-corrected chi connectivity index (χ3v) is 6.16. The van der Waals surface area contributed by atoms with Gasteiger partial charge in [-0.2, -0.15) is 4.98 Å². The molecule has 2 N–H and O–H groups in total. The monoisotopic (exact) mass is 477 g/mol. The molecule has 35 heavy (non-hydrogen) atoms. The average Bonchev–Trinajstić information content (AvgIpc) is 3.48. The van der Waals surface area contributed by atoms with Crippen LogP contribution in [0.5, 0.6) is 5.75 Å². The van der Waals surface area contributed by atoms with Gasteiger partial charge in [0.25, 0.3) is 0 Å². The van der Waals surface area contributed by atoms with Gasteiger partial charge < -0.3 is 24.8 Å². The summed E-state index contributed by atoms with van der Waals surface area (Å²) < 4.78 is 15.2. The van der Waals surface area contributed by atoms with E-state index in [9.17, 15) is 9.90 Å². The van der Waals surface area contributed by atoms with Gasteiger partial charge in [-0.15, -0.1) is 5.10 Å². The Morgan fingerprint density at radius 3 is 2.86 bits per heavy atom. The number of benzene rings is 1. The lowest BCUT2D eigenvalue weighted by molar-refractivity contribution is 0.0483. The predicted octanol–water partition coefficient (Wildman–Crippen LogP) is 1.18. The Bertz CT molecular complexity index is 1430. The van der Waals surface area contributed by atoms with Crippen LogP contribution in [0.3, 0.4) is 0 Å². The summed E-state index contributed by atoms with van der Waals surface area (Å²) in [6.07, 6.45) is 1.37. The van der Waals surface area contributed by atoms with E-state index >= 15 is 0 Å². The zero-order chi connectivity index (χ0) is 24.1. The first-order valence-electron chi connectivity index (χ1n) is 11.2. The first-order valence-corrected chi connectivity index (χ1v) is 11.2. The third-order valence-electron chi connectivity index (χ3n) is 6.16. The van der Waals surface area contributed by atoms with Gasteiger partial charge in [0.15, 0.2) is 17.3 Å². The van der Waals surface area contributed by atoms with E-state index in [1.165, 1.54) is 10.9 Å². The van der Waals surface area contributed by atoms with E-state index in [0.29, 0.717) is 49.0 Å². The van der Waals surface area contributed by atoms with Crippen molar-refractivity contribution in [2.75, 3.05) is 37.1 Å². The highest BCUT2D eigenvalue weighted by atomic mass is 16.5. The highest BCUT2D eigenvalue weighted by Crippen LogP contribution is 2.39. The summed E-state index contributed by atoms with van der Waals surface area (Å²) in [4.78, 5) is 28.0. The molecule has 0 bridgehead atoms. The molecule has 5 heterocycles. The van der Waals surface area contributed by atoms with Gasteiger partial charge in [-0.05, 0) is 19.1 Å². The molecule has 1 fully saturated rings. The SMILES string of the molecule is CNc1nc2ccccc2n1-c1nc(Cn2cc(C(=O)O)nn2)c2c(n1)N1[C@@H](COC[C@H]1C)CO2. The topological polar surface area (TPSA) is 145 Å². The lowest BCUT2D eigenvalue weighted by atomic mass is 10.1. The van der Waals surface area contributed by atoms with Gasteiger partial charge in [-0.1, -0.05) is 17.3 Å². The summed E-state index contributed by atoms with van der Waals surface area (Å²) in [6, 6.07) is 7.86. The van der Waals surface area contributed by atoms with Crippen molar-refractivity contribution in [2.45, 2.75) is 25.6 Å². The van der Waals surface area contributed by atoms with Crippen molar-refractivity contribution in [2.24, 2.45) is 0 Å². The minimum Gasteiger partial charge on any atom is -0.486 e. The fraction of sp³-hybridized carbons (Fsp3) is 0.364. The van der Waals surface area contributed by atoms with Crippen LogP contribution in [0.15, 0.2) is 30.5 Å². The van der Waals surface area contributed by atoms with Crippen LogP contribution in [0.4, 0.5) is 11.8 Å². The number of carboxylic acid groups (broad SMARTS) is 1. The quantitative estimate of drug-likeness (QED) is 0.427. The molecule has 1 aromatic carbocycles. The van der Waals surface area contributed by atoms with Gasteiger partial charge in [0, 0.05) is 7.05 Å². The summed E-state index contributed by atoms with van der Waals surface area (Å²) in [6.45, 7) is 3.79. The van der Waals surface area contributed by atoms with E-state index in [2.05, 4.69) is 32.4 Å². The molecular weight excluding hydrogens is 454 g/mol. The summed E-state index contributed by atoms with van der Waals surface area (Å²) >= 11 is 0. The molecule has 3 aromatic heterocycles. The summed E-state index contributed by atoms with van der Waals surface area (Å²) in [5.74, 6) is 1.07. The lowest BCUT2D eigenvalue weighted by Gasteiger charge is -2.44.